The largest absolute Gasteiger partial charge is 0.302 e. The molecule has 3 nitrogen and oxygen atoms in total. The van der Waals surface area contributed by atoms with Gasteiger partial charge in [-0.25, -0.2) is 0 Å². The van der Waals surface area contributed by atoms with Gasteiger partial charge in [-0.1, -0.05) is 6.92 Å². The van der Waals surface area contributed by atoms with Crippen molar-refractivity contribution in [1.82, 2.24) is 10.2 Å². The minimum absolute atomic E-state index is 0.408. The number of likely N-dealkylation sites (tertiary alicyclic amines) is 1. The SMILES string of the molecule is CNC(C)(C#N)CN1CCC(C)CC1C. The maximum atomic E-state index is 9.12. The van der Waals surface area contributed by atoms with E-state index in [-0.39, 0.29) is 0 Å². The first kappa shape index (κ1) is 12.5. The molecule has 15 heavy (non-hydrogen) atoms. The van der Waals surface area contributed by atoms with Gasteiger partial charge in [0.1, 0.15) is 5.54 Å². The van der Waals surface area contributed by atoms with Crippen LogP contribution in [0.25, 0.3) is 0 Å². The number of nitrogens with one attached hydrogen (secondary N) is 1. The van der Waals surface area contributed by atoms with Crippen molar-refractivity contribution in [2.45, 2.75) is 45.2 Å². The van der Waals surface area contributed by atoms with Gasteiger partial charge in [-0.15, -0.1) is 0 Å². The van der Waals surface area contributed by atoms with Gasteiger partial charge in [0.2, 0.25) is 0 Å². The van der Waals surface area contributed by atoms with Crippen LogP contribution >= 0.6 is 0 Å². The van der Waals surface area contributed by atoms with E-state index in [4.69, 9.17) is 5.26 Å². The van der Waals surface area contributed by atoms with Gasteiger partial charge in [0.15, 0.2) is 0 Å². The molecule has 1 rings (SSSR count). The van der Waals surface area contributed by atoms with Crippen molar-refractivity contribution in [1.29, 1.82) is 5.26 Å². The molecule has 86 valence electrons. The zero-order valence-electron chi connectivity index (χ0n) is 10.4. The van der Waals surface area contributed by atoms with Gasteiger partial charge in [0, 0.05) is 12.6 Å². The summed E-state index contributed by atoms with van der Waals surface area (Å²) in [5, 5.41) is 12.2. The van der Waals surface area contributed by atoms with Gasteiger partial charge >= 0.3 is 0 Å². The summed E-state index contributed by atoms with van der Waals surface area (Å²) in [7, 11) is 1.86. The topological polar surface area (TPSA) is 39.1 Å². The molecule has 0 bridgehead atoms. The second-order valence-corrected chi connectivity index (χ2v) is 5.14. The molecule has 0 amide bonds. The lowest BCUT2D eigenvalue weighted by Gasteiger charge is -2.39. The first-order valence-electron chi connectivity index (χ1n) is 5.85. The van der Waals surface area contributed by atoms with E-state index in [1.165, 1.54) is 12.8 Å². The van der Waals surface area contributed by atoms with Crippen molar-refractivity contribution in [3.8, 4) is 6.07 Å². The predicted molar refractivity (Wildman–Crippen MR) is 62.5 cm³/mol. The maximum Gasteiger partial charge on any atom is 0.116 e. The number of nitrogens with zero attached hydrogens (tertiary/aromatic N) is 2. The summed E-state index contributed by atoms with van der Waals surface area (Å²) < 4.78 is 0. The first-order chi connectivity index (χ1) is 7.00. The van der Waals surface area contributed by atoms with Crippen LogP contribution in [0.15, 0.2) is 0 Å². The van der Waals surface area contributed by atoms with Gasteiger partial charge in [-0.2, -0.15) is 5.26 Å². The minimum atomic E-state index is -0.408. The second kappa shape index (κ2) is 4.96. The number of rotatable bonds is 3. The average molecular weight is 209 g/mol. The molecule has 1 fully saturated rings. The molecule has 0 saturated carbocycles. The molecule has 0 radical (unpaired) electrons. The third kappa shape index (κ3) is 3.19. The number of hydrogen-bond acceptors (Lipinski definition) is 3. The highest BCUT2D eigenvalue weighted by atomic mass is 15.2. The van der Waals surface area contributed by atoms with E-state index in [0.717, 1.165) is 19.0 Å². The molecule has 3 unspecified atom stereocenters. The monoisotopic (exact) mass is 209 g/mol. The zero-order valence-corrected chi connectivity index (χ0v) is 10.4. The summed E-state index contributed by atoms with van der Waals surface area (Å²) in [4.78, 5) is 2.43. The van der Waals surface area contributed by atoms with Crippen LogP contribution in [0.2, 0.25) is 0 Å². The molecule has 0 spiro atoms. The van der Waals surface area contributed by atoms with Crippen LogP contribution in [0.3, 0.4) is 0 Å². The molecule has 1 aliphatic heterocycles. The van der Waals surface area contributed by atoms with Crippen molar-refractivity contribution < 1.29 is 0 Å². The lowest BCUT2D eigenvalue weighted by atomic mass is 9.91. The molecule has 0 aliphatic carbocycles. The fourth-order valence-corrected chi connectivity index (χ4v) is 2.27. The summed E-state index contributed by atoms with van der Waals surface area (Å²) in [6, 6.07) is 2.96. The molecule has 3 heteroatoms. The highest BCUT2D eigenvalue weighted by molar-refractivity contribution is 5.05. The quantitative estimate of drug-likeness (QED) is 0.767. The van der Waals surface area contributed by atoms with Crippen LogP contribution in [0, 0.1) is 17.2 Å². The van der Waals surface area contributed by atoms with Crippen LogP contribution < -0.4 is 5.32 Å². The van der Waals surface area contributed by atoms with Crippen molar-refractivity contribution in [2.24, 2.45) is 5.92 Å². The Balaban J connectivity index is 2.55. The fourth-order valence-electron chi connectivity index (χ4n) is 2.27. The van der Waals surface area contributed by atoms with E-state index in [1.54, 1.807) is 0 Å². The lowest BCUT2D eigenvalue weighted by Crippen LogP contribution is -2.53. The predicted octanol–water partition coefficient (Wildman–Crippen LogP) is 1.61. The van der Waals surface area contributed by atoms with Crippen molar-refractivity contribution in [2.75, 3.05) is 20.1 Å². The Morgan fingerprint density at radius 2 is 2.20 bits per heavy atom. The highest BCUT2D eigenvalue weighted by Crippen LogP contribution is 2.23. The summed E-state index contributed by atoms with van der Waals surface area (Å²) in [5.41, 5.74) is -0.408. The van der Waals surface area contributed by atoms with Crippen molar-refractivity contribution in [3.63, 3.8) is 0 Å². The Hall–Kier alpha value is -0.590. The standard InChI is InChI=1S/C12H23N3/c1-10-5-6-15(11(2)7-10)9-12(3,8-13)14-4/h10-11,14H,5-7,9H2,1-4H3. The fraction of sp³-hybridized carbons (Fsp3) is 0.917. The Morgan fingerprint density at radius 1 is 1.53 bits per heavy atom. The molecule has 1 aliphatic rings. The van der Waals surface area contributed by atoms with Crippen LogP contribution in [-0.4, -0.2) is 36.6 Å². The number of likely N-dealkylation sites (N-methyl/N-ethyl adjacent to an activating group) is 1. The summed E-state index contributed by atoms with van der Waals surface area (Å²) in [6.07, 6.45) is 2.51. The van der Waals surface area contributed by atoms with E-state index >= 15 is 0 Å². The van der Waals surface area contributed by atoms with Crippen LogP contribution in [-0.2, 0) is 0 Å². The van der Waals surface area contributed by atoms with E-state index in [2.05, 4.69) is 30.1 Å². The van der Waals surface area contributed by atoms with Crippen molar-refractivity contribution >= 4 is 0 Å². The molecule has 1 heterocycles. The Labute approximate surface area is 93.5 Å². The number of nitriles is 1. The van der Waals surface area contributed by atoms with Gasteiger partial charge in [0.05, 0.1) is 6.07 Å². The first-order valence-corrected chi connectivity index (χ1v) is 5.85. The van der Waals surface area contributed by atoms with Gasteiger partial charge in [0.25, 0.3) is 0 Å². The third-order valence-corrected chi connectivity index (χ3v) is 3.59. The van der Waals surface area contributed by atoms with Gasteiger partial charge < -0.3 is 5.32 Å². The van der Waals surface area contributed by atoms with E-state index in [9.17, 15) is 0 Å². The van der Waals surface area contributed by atoms with E-state index in [1.807, 2.05) is 14.0 Å². The van der Waals surface area contributed by atoms with Gasteiger partial charge in [-0.3, -0.25) is 4.90 Å². The number of hydrogen-bond donors (Lipinski definition) is 1. The summed E-state index contributed by atoms with van der Waals surface area (Å²) in [5.74, 6) is 0.833. The molecule has 1 saturated heterocycles. The van der Waals surface area contributed by atoms with Crippen LogP contribution in [0.1, 0.15) is 33.6 Å². The Bertz CT molecular complexity index is 246. The summed E-state index contributed by atoms with van der Waals surface area (Å²) in [6.45, 7) is 8.51. The Morgan fingerprint density at radius 3 is 2.67 bits per heavy atom. The smallest absolute Gasteiger partial charge is 0.116 e. The highest BCUT2D eigenvalue weighted by Gasteiger charge is 2.30. The molecular formula is C12H23N3. The number of piperidine rings is 1. The average Bonchev–Trinajstić information content (AvgIpc) is 2.22. The maximum absolute atomic E-state index is 9.12. The molecule has 0 aromatic carbocycles. The molecule has 0 aromatic heterocycles. The molecule has 0 aromatic rings. The Kier molecular flexibility index (Phi) is 4.12. The normalized spacial score (nSPS) is 31.9. The minimum Gasteiger partial charge on any atom is -0.302 e. The lowest BCUT2D eigenvalue weighted by molar-refractivity contribution is 0.108. The second-order valence-electron chi connectivity index (χ2n) is 5.14. The molecule has 3 atom stereocenters. The van der Waals surface area contributed by atoms with Gasteiger partial charge in [-0.05, 0) is 46.2 Å². The van der Waals surface area contributed by atoms with Crippen molar-refractivity contribution in [3.05, 3.63) is 0 Å². The third-order valence-electron chi connectivity index (χ3n) is 3.59. The molecule has 1 N–H and O–H groups in total. The zero-order chi connectivity index (χ0) is 11.5. The van der Waals surface area contributed by atoms with Crippen LogP contribution in [0.4, 0.5) is 0 Å². The van der Waals surface area contributed by atoms with E-state index in [0.29, 0.717) is 6.04 Å². The molecular weight excluding hydrogens is 186 g/mol. The van der Waals surface area contributed by atoms with E-state index < -0.39 is 5.54 Å². The summed E-state index contributed by atoms with van der Waals surface area (Å²) >= 11 is 0. The van der Waals surface area contributed by atoms with Crippen LogP contribution in [0.5, 0.6) is 0 Å².